The summed E-state index contributed by atoms with van der Waals surface area (Å²) in [6.45, 7) is 0.390. The zero-order chi connectivity index (χ0) is 10.4. The van der Waals surface area contributed by atoms with Gasteiger partial charge >= 0.3 is 0 Å². The molecule has 0 heterocycles. The Morgan fingerprint density at radius 2 is 2.14 bits per heavy atom. The van der Waals surface area contributed by atoms with Gasteiger partial charge in [-0.1, -0.05) is 12.8 Å². The summed E-state index contributed by atoms with van der Waals surface area (Å²) in [5.74, 6) is 0.0328. The van der Waals surface area contributed by atoms with Crippen LogP contribution in [0.1, 0.15) is 25.7 Å². The standard InChI is InChI=1S/C10H20N2O2/c1-11-10(13)7-12-8-5-3-4-6-9(8)14-2/h8-9,12H,3-7H2,1-2H3,(H,11,13). The van der Waals surface area contributed by atoms with Crippen molar-refractivity contribution in [1.29, 1.82) is 0 Å². The Balaban J connectivity index is 2.29. The zero-order valence-corrected chi connectivity index (χ0v) is 9.01. The van der Waals surface area contributed by atoms with Gasteiger partial charge in [0, 0.05) is 20.2 Å². The fourth-order valence-corrected chi connectivity index (χ4v) is 1.92. The van der Waals surface area contributed by atoms with Gasteiger partial charge in [0.05, 0.1) is 12.6 Å². The van der Waals surface area contributed by atoms with E-state index in [1.807, 2.05) is 0 Å². The van der Waals surface area contributed by atoms with Crippen molar-refractivity contribution in [2.75, 3.05) is 20.7 Å². The van der Waals surface area contributed by atoms with Crippen molar-refractivity contribution in [3.05, 3.63) is 0 Å². The van der Waals surface area contributed by atoms with Crippen molar-refractivity contribution in [3.8, 4) is 0 Å². The van der Waals surface area contributed by atoms with Gasteiger partial charge in [-0.25, -0.2) is 0 Å². The lowest BCUT2D eigenvalue weighted by molar-refractivity contribution is -0.120. The molecule has 0 saturated heterocycles. The molecule has 0 spiro atoms. The molecule has 0 aromatic carbocycles. The van der Waals surface area contributed by atoms with Crippen LogP contribution in [0.5, 0.6) is 0 Å². The van der Waals surface area contributed by atoms with Gasteiger partial charge in [-0.2, -0.15) is 0 Å². The molecule has 14 heavy (non-hydrogen) atoms. The largest absolute Gasteiger partial charge is 0.380 e. The van der Waals surface area contributed by atoms with E-state index in [1.165, 1.54) is 12.8 Å². The number of carbonyl (C=O) groups is 1. The highest BCUT2D eigenvalue weighted by atomic mass is 16.5. The summed E-state index contributed by atoms with van der Waals surface area (Å²) in [5.41, 5.74) is 0. The molecule has 1 aliphatic carbocycles. The van der Waals surface area contributed by atoms with Crippen LogP contribution in [-0.2, 0) is 9.53 Å². The molecule has 1 amide bonds. The third-order valence-corrected chi connectivity index (χ3v) is 2.81. The number of ether oxygens (including phenoxy) is 1. The predicted molar refractivity (Wildman–Crippen MR) is 55.1 cm³/mol. The van der Waals surface area contributed by atoms with Gasteiger partial charge in [0.25, 0.3) is 0 Å². The summed E-state index contributed by atoms with van der Waals surface area (Å²) in [6.07, 6.45) is 4.94. The molecule has 0 bridgehead atoms. The summed E-state index contributed by atoms with van der Waals surface area (Å²) in [4.78, 5) is 11.0. The average molecular weight is 200 g/mol. The number of nitrogens with one attached hydrogen (secondary N) is 2. The van der Waals surface area contributed by atoms with E-state index in [0.717, 1.165) is 12.8 Å². The molecule has 1 aliphatic rings. The predicted octanol–water partition coefficient (Wildman–Crippen LogP) is 0.280. The fraction of sp³-hybridized carbons (Fsp3) is 0.900. The summed E-state index contributed by atoms with van der Waals surface area (Å²) < 4.78 is 5.38. The molecule has 82 valence electrons. The van der Waals surface area contributed by atoms with E-state index in [1.54, 1.807) is 14.2 Å². The monoisotopic (exact) mass is 200 g/mol. The van der Waals surface area contributed by atoms with E-state index in [-0.39, 0.29) is 12.0 Å². The second-order valence-corrected chi connectivity index (χ2v) is 3.72. The maximum Gasteiger partial charge on any atom is 0.233 e. The third-order valence-electron chi connectivity index (χ3n) is 2.81. The minimum Gasteiger partial charge on any atom is -0.380 e. The highest BCUT2D eigenvalue weighted by molar-refractivity contribution is 5.77. The minimum atomic E-state index is 0.0328. The number of hydrogen-bond donors (Lipinski definition) is 2. The van der Waals surface area contributed by atoms with E-state index in [0.29, 0.717) is 12.6 Å². The summed E-state index contributed by atoms with van der Waals surface area (Å²) in [5, 5.41) is 5.83. The van der Waals surface area contributed by atoms with Crippen LogP contribution >= 0.6 is 0 Å². The van der Waals surface area contributed by atoms with Gasteiger partial charge in [-0.05, 0) is 12.8 Å². The second kappa shape index (κ2) is 5.98. The Labute approximate surface area is 85.4 Å². The molecule has 1 saturated carbocycles. The average Bonchev–Trinajstić information content (AvgIpc) is 2.26. The Morgan fingerprint density at radius 1 is 1.43 bits per heavy atom. The summed E-state index contributed by atoms with van der Waals surface area (Å²) >= 11 is 0. The number of rotatable bonds is 4. The molecule has 1 rings (SSSR count). The lowest BCUT2D eigenvalue weighted by Gasteiger charge is -2.30. The lowest BCUT2D eigenvalue weighted by atomic mass is 9.92. The number of carbonyl (C=O) groups excluding carboxylic acids is 1. The van der Waals surface area contributed by atoms with Crippen molar-refractivity contribution in [2.24, 2.45) is 0 Å². The third kappa shape index (κ3) is 3.27. The first-order valence-electron chi connectivity index (χ1n) is 5.24. The van der Waals surface area contributed by atoms with Crippen molar-refractivity contribution < 1.29 is 9.53 Å². The first-order valence-corrected chi connectivity index (χ1v) is 5.24. The second-order valence-electron chi connectivity index (χ2n) is 3.72. The molecule has 2 atom stereocenters. The fourth-order valence-electron chi connectivity index (χ4n) is 1.92. The van der Waals surface area contributed by atoms with Crippen LogP contribution in [0.4, 0.5) is 0 Å². The van der Waals surface area contributed by atoms with Gasteiger partial charge in [-0.15, -0.1) is 0 Å². The molecule has 0 aromatic rings. The first kappa shape index (κ1) is 11.5. The van der Waals surface area contributed by atoms with E-state index < -0.39 is 0 Å². The van der Waals surface area contributed by atoms with Crippen molar-refractivity contribution in [1.82, 2.24) is 10.6 Å². The quantitative estimate of drug-likeness (QED) is 0.685. The normalized spacial score (nSPS) is 27.3. The summed E-state index contributed by atoms with van der Waals surface area (Å²) in [6, 6.07) is 0.339. The Bertz CT molecular complexity index is 185. The van der Waals surface area contributed by atoms with Crippen LogP contribution in [-0.4, -0.2) is 38.8 Å². The Kier molecular flexibility index (Phi) is 4.90. The van der Waals surface area contributed by atoms with E-state index in [2.05, 4.69) is 10.6 Å². The molecular formula is C10H20N2O2. The smallest absolute Gasteiger partial charge is 0.233 e. The van der Waals surface area contributed by atoms with E-state index >= 15 is 0 Å². The highest BCUT2D eigenvalue weighted by Crippen LogP contribution is 2.20. The molecule has 2 N–H and O–H groups in total. The first-order chi connectivity index (χ1) is 6.77. The van der Waals surface area contributed by atoms with Gasteiger partial charge < -0.3 is 15.4 Å². The number of amides is 1. The van der Waals surface area contributed by atoms with Crippen molar-refractivity contribution >= 4 is 5.91 Å². The lowest BCUT2D eigenvalue weighted by Crippen LogP contribution is -2.46. The summed E-state index contributed by atoms with van der Waals surface area (Å²) in [7, 11) is 3.39. The Hall–Kier alpha value is -0.610. The molecular weight excluding hydrogens is 180 g/mol. The van der Waals surface area contributed by atoms with Gasteiger partial charge in [0.1, 0.15) is 0 Å². The molecule has 0 radical (unpaired) electrons. The maximum atomic E-state index is 11.0. The molecule has 2 unspecified atom stereocenters. The van der Waals surface area contributed by atoms with E-state index in [9.17, 15) is 4.79 Å². The van der Waals surface area contributed by atoms with Crippen LogP contribution in [0.3, 0.4) is 0 Å². The SMILES string of the molecule is CNC(=O)CNC1CCCCC1OC. The van der Waals surface area contributed by atoms with Crippen LogP contribution < -0.4 is 10.6 Å². The zero-order valence-electron chi connectivity index (χ0n) is 9.01. The van der Waals surface area contributed by atoms with Gasteiger partial charge in [0.2, 0.25) is 5.91 Å². The van der Waals surface area contributed by atoms with Crippen LogP contribution in [0.2, 0.25) is 0 Å². The molecule has 0 aromatic heterocycles. The van der Waals surface area contributed by atoms with Crippen LogP contribution in [0, 0.1) is 0 Å². The number of hydrogen-bond acceptors (Lipinski definition) is 3. The molecule has 4 nitrogen and oxygen atoms in total. The Morgan fingerprint density at radius 3 is 2.79 bits per heavy atom. The molecule has 0 aliphatic heterocycles. The van der Waals surface area contributed by atoms with E-state index in [4.69, 9.17) is 4.74 Å². The van der Waals surface area contributed by atoms with Crippen molar-refractivity contribution in [3.63, 3.8) is 0 Å². The topological polar surface area (TPSA) is 50.4 Å². The van der Waals surface area contributed by atoms with Crippen LogP contribution in [0.25, 0.3) is 0 Å². The number of methoxy groups -OCH3 is 1. The van der Waals surface area contributed by atoms with Crippen molar-refractivity contribution in [2.45, 2.75) is 37.8 Å². The minimum absolute atomic E-state index is 0.0328. The van der Waals surface area contributed by atoms with Gasteiger partial charge in [0.15, 0.2) is 0 Å². The highest BCUT2D eigenvalue weighted by Gasteiger charge is 2.24. The van der Waals surface area contributed by atoms with Gasteiger partial charge in [-0.3, -0.25) is 4.79 Å². The maximum absolute atomic E-state index is 11.0. The molecule has 4 heteroatoms. The molecule has 1 fully saturated rings. The van der Waals surface area contributed by atoms with Crippen LogP contribution in [0.15, 0.2) is 0 Å². The number of likely N-dealkylation sites (N-methyl/N-ethyl adjacent to an activating group) is 1.